The topological polar surface area (TPSA) is 77.8 Å². The zero-order chi connectivity index (χ0) is 11.9. The van der Waals surface area contributed by atoms with Crippen molar-refractivity contribution >= 4 is 11.9 Å². The van der Waals surface area contributed by atoms with Crippen LogP contribution in [0, 0.1) is 5.41 Å². The Kier molecular flexibility index (Phi) is 2.78. The lowest BCUT2D eigenvalue weighted by Crippen LogP contribution is -2.51. The monoisotopic (exact) mass is 215 g/mol. The van der Waals surface area contributed by atoms with E-state index in [1.807, 2.05) is 0 Å². The minimum Gasteiger partial charge on any atom is -0.481 e. The molecule has 2 N–H and O–H groups in total. The predicted molar refractivity (Wildman–Crippen MR) is 53.2 cm³/mol. The molecule has 86 valence electrons. The molecule has 1 amide bonds. The van der Waals surface area contributed by atoms with E-state index in [9.17, 15) is 14.7 Å². The molecule has 0 aromatic heterocycles. The summed E-state index contributed by atoms with van der Waals surface area (Å²) in [4.78, 5) is 23.6. The van der Waals surface area contributed by atoms with Gasteiger partial charge < -0.3 is 15.1 Å². The Morgan fingerprint density at radius 2 is 1.93 bits per heavy atom. The first-order chi connectivity index (χ1) is 6.71. The molecule has 0 aromatic carbocycles. The Labute approximate surface area is 88.7 Å². The van der Waals surface area contributed by atoms with Crippen molar-refractivity contribution in [1.29, 1.82) is 0 Å². The van der Waals surface area contributed by atoms with Crippen LogP contribution in [0.1, 0.15) is 27.2 Å². The van der Waals surface area contributed by atoms with Crippen LogP contribution in [0.4, 0.5) is 0 Å². The Morgan fingerprint density at radius 3 is 2.27 bits per heavy atom. The maximum Gasteiger partial charge on any atom is 0.312 e. The zero-order valence-corrected chi connectivity index (χ0v) is 9.28. The largest absolute Gasteiger partial charge is 0.481 e. The molecular weight excluding hydrogens is 198 g/mol. The van der Waals surface area contributed by atoms with E-state index >= 15 is 0 Å². The molecule has 0 bridgehead atoms. The second kappa shape index (κ2) is 3.48. The average Bonchev–Trinajstić information content (AvgIpc) is 2.49. The number of carbonyl (C=O) groups is 2. The molecule has 1 heterocycles. The number of carbonyl (C=O) groups excluding carboxylic acids is 1. The Bertz CT molecular complexity index is 300. The molecular formula is C10H17NO4. The molecule has 5 nitrogen and oxygen atoms in total. The van der Waals surface area contributed by atoms with Crippen LogP contribution in [0.2, 0.25) is 0 Å². The van der Waals surface area contributed by atoms with Crippen molar-refractivity contribution in [3.63, 3.8) is 0 Å². The van der Waals surface area contributed by atoms with Crippen molar-refractivity contribution in [3.8, 4) is 0 Å². The van der Waals surface area contributed by atoms with Gasteiger partial charge in [-0.25, -0.2) is 0 Å². The quantitative estimate of drug-likeness (QED) is 0.684. The molecule has 0 aromatic rings. The number of β-amino-alcohol motifs (C(OH)–C–C–N with tert-alkyl or cyclic N) is 1. The average molecular weight is 215 g/mol. The first-order valence-electron chi connectivity index (χ1n) is 4.92. The summed E-state index contributed by atoms with van der Waals surface area (Å²) in [5.74, 6) is -1.18. The van der Waals surface area contributed by atoms with Crippen molar-refractivity contribution in [3.05, 3.63) is 0 Å². The number of likely N-dealkylation sites (tertiary alicyclic amines) is 1. The van der Waals surface area contributed by atoms with Crippen LogP contribution >= 0.6 is 0 Å². The van der Waals surface area contributed by atoms with E-state index in [-0.39, 0.29) is 12.5 Å². The molecule has 0 saturated carbocycles. The Morgan fingerprint density at radius 1 is 1.40 bits per heavy atom. The summed E-state index contributed by atoms with van der Waals surface area (Å²) in [7, 11) is 0. The first-order valence-corrected chi connectivity index (χ1v) is 4.92. The number of amides is 1. The third kappa shape index (κ3) is 1.84. The van der Waals surface area contributed by atoms with Gasteiger partial charge in [-0.1, -0.05) is 0 Å². The number of aliphatic carboxylic acids is 1. The first kappa shape index (κ1) is 12.0. The summed E-state index contributed by atoms with van der Waals surface area (Å²) < 4.78 is 0. The van der Waals surface area contributed by atoms with E-state index < -0.39 is 17.0 Å². The van der Waals surface area contributed by atoms with Gasteiger partial charge in [-0.2, -0.15) is 0 Å². The molecule has 1 unspecified atom stereocenters. The lowest BCUT2D eigenvalue weighted by molar-refractivity contribution is -0.163. The van der Waals surface area contributed by atoms with Gasteiger partial charge >= 0.3 is 5.97 Å². The summed E-state index contributed by atoms with van der Waals surface area (Å²) >= 11 is 0. The summed E-state index contributed by atoms with van der Waals surface area (Å²) in [6, 6.07) is 0. The van der Waals surface area contributed by atoms with Crippen LogP contribution in [0.3, 0.4) is 0 Å². The van der Waals surface area contributed by atoms with Crippen molar-refractivity contribution in [2.75, 3.05) is 13.1 Å². The molecule has 1 aliphatic rings. The van der Waals surface area contributed by atoms with Crippen LogP contribution in [0.5, 0.6) is 0 Å². The Hall–Kier alpha value is -1.10. The SMILES string of the molecule is CC(=O)N1CCC(O)(C(C)(C)C(=O)O)C1. The highest BCUT2D eigenvalue weighted by Gasteiger charge is 2.53. The molecule has 0 spiro atoms. The highest BCUT2D eigenvalue weighted by molar-refractivity contribution is 5.77. The molecule has 1 aliphatic heterocycles. The summed E-state index contributed by atoms with van der Waals surface area (Å²) in [6.07, 6.45) is 0.311. The highest BCUT2D eigenvalue weighted by Crippen LogP contribution is 2.38. The molecule has 0 radical (unpaired) electrons. The van der Waals surface area contributed by atoms with E-state index in [1.165, 1.54) is 25.7 Å². The minimum absolute atomic E-state index is 0.0988. The fourth-order valence-corrected chi connectivity index (χ4v) is 1.77. The fraction of sp³-hybridized carbons (Fsp3) is 0.800. The maximum atomic E-state index is 11.1. The van der Waals surface area contributed by atoms with E-state index in [0.29, 0.717) is 13.0 Å². The molecule has 1 atom stereocenters. The van der Waals surface area contributed by atoms with Gasteiger partial charge in [0.2, 0.25) is 5.91 Å². The van der Waals surface area contributed by atoms with Crippen LogP contribution in [-0.4, -0.2) is 45.7 Å². The van der Waals surface area contributed by atoms with Crippen LogP contribution < -0.4 is 0 Å². The van der Waals surface area contributed by atoms with Gasteiger partial charge in [-0.15, -0.1) is 0 Å². The van der Waals surface area contributed by atoms with Gasteiger partial charge in [-0.3, -0.25) is 9.59 Å². The van der Waals surface area contributed by atoms with Crippen molar-refractivity contribution in [1.82, 2.24) is 4.90 Å². The molecule has 1 rings (SSSR count). The van der Waals surface area contributed by atoms with Crippen LogP contribution in [0.25, 0.3) is 0 Å². The van der Waals surface area contributed by atoms with Crippen molar-refractivity contribution < 1.29 is 19.8 Å². The second-order valence-corrected chi connectivity index (χ2v) is 4.65. The predicted octanol–water partition coefficient (Wildman–Crippen LogP) is 0.0805. The number of carboxylic acid groups (broad SMARTS) is 1. The number of nitrogens with zero attached hydrogens (tertiary/aromatic N) is 1. The molecule has 1 fully saturated rings. The maximum absolute atomic E-state index is 11.1. The van der Waals surface area contributed by atoms with E-state index in [2.05, 4.69) is 0 Å². The van der Waals surface area contributed by atoms with E-state index in [1.54, 1.807) is 0 Å². The Balaban J connectivity index is 2.88. The van der Waals surface area contributed by atoms with Gasteiger partial charge in [0.1, 0.15) is 0 Å². The number of rotatable bonds is 2. The summed E-state index contributed by atoms with van der Waals surface area (Å²) in [6.45, 7) is 4.90. The molecule has 1 saturated heterocycles. The van der Waals surface area contributed by atoms with Gasteiger partial charge in [0.15, 0.2) is 0 Å². The third-order valence-corrected chi connectivity index (χ3v) is 3.39. The molecule has 0 aliphatic carbocycles. The summed E-state index contributed by atoms with van der Waals surface area (Å²) in [5.41, 5.74) is -2.57. The summed E-state index contributed by atoms with van der Waals surface area (Å²) in [5, 5.41) is 19.3. The van der Waals surface area contributed by atoms with Gasteiger partial charge in [0.25, 0.3) is 0 Å². The smallest absolute Gasteiger partial charge is 0.312 e. The zero-order valence-electron chi connectivity index (χ0n) is 9.28. The standard InChI is InChI=1S/C10H17NO4/c1-7(12)11-5-4-10(15,6-11)9(2,3)8(13)14/h15H,4-6H2,1-3H3,(H,13,14). The van der Waals surface area contributed by atoms with Crippen molar-refractivity contribution in [2.24, 2.45) is 5.41 Å². The minimum atomic E-state index is -1.33. The van der Waals surface area contributed by atoms with E-state index in [0.717, 1.165) is 0 Å². The fourth-order valence-electron chi connectivity index (χ4n) is 1.77. The van der Waals surface area contributed by atoms with Gasteiger partial charge in [0.05, 0.1) is 17.6 Å². The number of hydrogen-bond acceptors (Lipinski definition) is 3. The number of hydrogen-bond donors (Lipinski definition) is 2. The molecule has 5 heteroatoms. The highest BCUT2D eigenvalue weighted by atomic mass is 16.4. The number of carboxylic acids is 1. The number of aliphatic hydroxyl groups is 1. The van der Waals surface area contributed by atoms with E-state index in [4.69, 9.17) is 5.11 Å². The van der Waals surface area contributed by atoms with Crippen molar-refractivity contribution in [2.45, 2.75) is 32.8 Å². The second-order valence-electron chi connectivity index (χ2n) is 4.65. The van der Waals surface area contributed by atoms with Gasteiger partial charge in [-0.05, 0) is 20.3 Å². The lowest BCUT2D eigenvalue weighted by atomic mass is 9.74. The normalized spacial score (nSPS) is 26.8. The van der Waals surface area contributed by atoms with Crippen LogP contribution in [0.15, 0.2) is 0 Å². The third-order valence-electron chi connectivity index (χ3n) is 3.39. The lowest BCUT2D eigenvalue weighted by Gasteiger charge is -2.36. The molecule has 15 heavy (non-hydrogen) atoms. The van der Waals surface area contributed by atoms with Crippen LogP contribution in [-0.2, 0) is 9.59 Å². The van der Waals surface area contributed by atoms with Gasteiger partial charge in [0, 0.05) is 13.5 Å².